The molecule has 1 rings (SSSR count). The number of hydrogen-bond acceptors (Lipinski definition) is 4. The molecule has 1 aromatic rings. The van der Waals surface area contributed by atoms with E-state index in [1.165, 1.54) is 18.5 Å². The summed E-state index contributed by atoms with van der Waals surface area (Å²) in [6, 6.07) is 9.36. The van der Waals surface area contributed by atoms with Gasteiger partial charge in [0.25, 0.3) is 0 Å². The van der Waals surface area contributed by atoms with E-state index < -0.39 is 5.97 Å². The highest BCUT2D eigenvalue weighted by molar-refractivity contribution is 5.82. The maximum Gasteiger partial charge on any atom is 0.332 e. The second-order valence-electron chi connectivity index (χ2n) is 3.55. The number of benzene rings is 1. The number of ether oxygens (including phenoxy) is 2. The molecular formula is C16H17NO3. The van der Waals surface area contributed by atoms with Gasteiger partial charge in [0.15, 0.2) is 0 Å². The van der Waals surface area contributed by atoms with Crippen LogP contribution < -0.4 is 4.74 Å². The number of rotatable bonds is 7. The molecule has 0 atom stereocenters. The molecule has 0 amide bonds. The van der Waals surface area contributed by atoms with Crippen LogP contribution in [0.25, 0.3) is 0 Å². The van der Waals surface area contributed by atoms with Crippen molar-refractivity contribution in [3.8, 4) is 5.75 Å². The van der Waals surface area contributed by atoms with Crippen LogP contribution in [0, 0.1) is 0 Å². The van der Waals surface area contributed by atoms with Gasteiger partial charge in [-0.05, 0) is 31.2 Å². The van der Waals surface area contributed by atoms with Gasteiger partial charge < -0.3 is 9.47 Å². The summed E-state index contributed by atoms with van der Waals surface area (Å²) in [5, 5.41) is 0. The zero-order valence-corrected chi connectivity index (χ0v) is 11.4. The Kier molecular flexibility index (Phi) is 7.20. The van der Waals surface area contributed by atoms with Crippen LogP contribution in [-0.4, -0.2) is 18.8 Å². The second kappa shape index (κ2) is 9.33. The molecule has 104 valence electrons. The zero-order valence-electron chi connectivity index (χ0n) is 11.4. The smallest absolute Gasteiger partial charge is 0.332 e. The summed E-state index contributed by atoms with van der Waals surface area (Å²) >= 11 is 0. The molecule has 0 saturated heterocycles. The third-order valence-corrected chi connectivity index (χ3v) is 2.09. The van der Waals surface area contributed by atoms with Crippen molar-refractivity contribution in [1.29, 1.82) is 0 Å². The molecule has 0 fully saturated rings. The Morgan fingerprint density at radius 2 is 2.10 bits per heavy atom. The van der Waals surface area contributed by atoms with Crippen molar-refractivity contribution in [3.63, 3.8) is 0 Å². The maximum atomic E-state index is 11.0. The van der Waals surface area contributed by atoms with Crippen molar-refractivity contribution in [2.75, 3.05) is 6.61 Å². The third-order valence-electron chi connectivity index (χ3n) is 2.09. The Labute approximate surface area is 118 Å². The van der Waals surface area contributed by atoms with Gasteiger partial charge in [-0.1, -0.05) is 24.8 Å². The maximum absolute atomic E-state index is 11.0. The van der Waals surface area contributed by atoms with Gasteiger partial charge in [-0.15, -0.1) is 0 Å². The SMILES string of the molecule is C=C\C(=C/C=N/C=C/C(=O)OCC)Oc1ccccc1. The summed E-state index contributed by atoms with van der Waals surface area (Å²) in [5.41, 5.74) is 0. The van der Waals surface area contributed by atoms with Gasteiger partial charge in [0.05, 0.1) is 6.61 Å². The molecule has 0 aliphatic heterocycles. The van der Waals surface area contributed by atoms with Crippen LogP contribution in [0.1, 0.15) is 6.92 Å². The summed E-state index contributed by atoms with van der Waals surface area (Å²) in [4.78, 5) is 14.9. The lowest BCUT2D eigenvalue weighted by Gasteiger charge is -2.04. The predicted molar refractivity (Wildman–Crippen MR) is 79.6 cm³/mol. The minimum absolute atomic E-state index is 0.346. The van der Waals surface area contributed by atoms with E-state index >= 15 is 0 Å². The Balaban J connectivity index is 2.53. The highest BCUT2D eigenvalue weighted by atomic mass is 16.5. The van der Waals surface area contributed by atoms with E-state index in [0.717, 1.165) is 0 Å². The molecule has 0 unspecified atom stereocenters. The fourth-order valence-corrected chi connectivity index (χ4v) is 1.23. The molecule has 4 heteroatoms. The number of para-hydroxylation sites is 1. The van der Waals surface area contributed by atoms with Crippen LogP contribution in [-0.2, 0) is 9.53 Å². The summed E-state index contributed by atoms with van der Waals surface area (Å²) in [6.07, 6.45) is 7.34. The standard InChI is InChI=1S/C16H17NO3/c1-3-14(20-15-8-6-5-7-9-15)10-12-17-13-11-16(18)19-4-2/h3,5-13H,1,4H2,2H3/b13-11+,14-10+,17-12+. The van der Waals surface area contributed by atoms with Crippen LogP contribution in [0.2, 0.25) is 0 Å². The number of allylic oxidation sites excluding steroid dienone is 2. The van der Waals surface area contributed by atoms with E-state index in [4.69, 9.17) is 9.47 Å². The molecule has 0 spiro atoms. The number of carbonyl (C=O) groups is 1. The Morgan fingerprint density at radius 3 is 2.75 bits per heavy atom. The monoisotopic (exact) mass is 271 g/mol. The van der Waals surface area contributed by atoms with Crippen LogP contribution in [0.5, 0.6) is 5.75 Å². The first-order valence-corrected chi connectivity index (χ1v) is 6.18. The van der Waals surface area contributed by atoms with Crippen molar-refractivity contribution in [3.05, 3.63) is 67.1 Å². The van der Waals surface area contributed by atoms with E-state index in [-0.39, 0.29) is 0 Å². The fourth-order valence-electron chi connectivity index (χ4n) is 1.23. The highest BCUT2D eigenvalue weighted by Gasteiger charge is 1.94. The van der Waals surface area contributed by atoms with Gasteiger partial charge in [-0.3, -0.25) is 4.99 Å². The van der Waals surface area contributed by atoms with Crippen molar-refractivity contribution in [2.45, 2.75) is 6.92 Å². The largest absolute Gasteiger partial charge is 0.463 e. The van der Waals surface area contributed by atoms with Crippen molar-refractivity contribution >= 4 is 12.2 Å². The Hall–Kier alpha value is -2.62. The third kappa shape index (κ3) is 6.35. The molecule has 0 radical (unpaired) electrons. The van der Waals surface area contributed by atoms with Crippen molar-refractivity contribution in [1.82, 2.24) is 0 Å². The first-order chi connectivity index (χ1) is 9.76. The second-order valence-corrected chi connectivity index (χ2v) is 3.55. The van der Waals surface area contributed by atoms with Gasteiger partial charge in [-0.25, -0.2) is 4.79 Å². The number of nitrogens with zero attached hydrogens (tertiary/aromatic N) is 1. The summed E-state index contributed by atoms with van der Waals surface area (Å²) in [5.74, 6) is 0.858. The number of esters is 1. The van der Waals surface area contributed by atoms with Crippen LogP contribution in [0.4, 0.5) is 0 Å². The quantitative estimate of drug-likeness (QED) is 0.251. The normalized spacial score (nSPS) is 11.8. The molecule has 0 aromatic heterocycles. The first kappa shape index (κ1) is 15.4. The summed E-state index contributed by atoms with van der Waals surface area (Å²) in [6.45, 7) is 5.75. The van der Waals surface area contributed by atoms with Crippen LogP contribution in [0.15, 0.2) is 72.1 Å². The van der Waals surface area contributed by atoms with Crippen molar-refractivity contribution < 1.29 is 14.3 Å². The fraction of sp³-hybridized carbons (Fsp3) is 0.125. The Morgan fingerprint density at radius 1 is 1.35 bits per heavy atom. The molecular weight excluding hydrogens is 254 g/mol. The average Bonchev–Trinajstić information content (AvgIpc) is 2.47. The zero-order chi connectivity index (χ0) is 14.6. The minimum atomic E-state index is -0.418. The Bertz CT molecular complexity index is 516. The van der Waals surface area contributed by atoms with E-state index in [9.17, 15) is 4.79 Å². The van der Waals surface area contributed by atoms with E-state index in [0.29, 0.717) is 18.1 Å². The van der Waals surface area contributed by atoms with Gasteiger partial charge in [0.2, 0.25) is 0 Å². The summed E-state index contributed by atoms with van der Waals surface area (Å²) < 4.78 is 10.3. The van der Waals surface area contributed by atoms with Crippen LogP contribution in [0.3, 0.4) is 0 Å². The molecule has 0 aliphatic rings. The molecule has 0 heterocycles. The lowest BCUT2D eigenvalue weighted by atomic mass is 10.3. The molecule has 0 N–H and O–H groups in total. The molecule has 0 bridgehead atoms. The number of carbonyl (C=O) groups excluding carboxylic acids is 1. The highest BCUT2D eigenvalue weighted by Crippen LogP contribution is 2.12. The molecule has 0 aliphatic carbocycles. The predicted octanol–water partition coefficient (Wildman–Crippen LogP) is 3.28. The number of hydrogen-bond donors (Lipinski definition) is 0. The van der Waals surface area contributed by atoms with Crippen molar-refractivity contribution in [2.24, 2.45) is 4.99 Å². The minimum Gasteiger partial charge on any atom is -0.463 e. The number of aliphatic imine (C=N–C) groups is 1. The topological polar surface area (TPSA) is 47.9 Å². The first-order valence-electron chi connectivity index (χ1n) is 6.18. The van der Waals surface area contributed by atoms with Gasteiger partial charge in [0, 0.05) is 18.5 Å². The van der Waals surface area contributed by atoms with Gasteiger partial charge in [-0.2, -0.15) is 0 Å². The molecule has 20 heavy (non-hydrogen) atoms. The van der Waals surface area contributed by atoms with E-state index in [2.05, 4.69) is 11.6 Å². The lowest BCUT2D eigenvalue weighted by Crippen LogP contribution is -1.98. The van der Waals surface area contributed by atoms with Gasteiger partial charge in [0.1, 0.15) is 11.5 Å². The summed E-state index contributed by atoms with van der Waals surface area (Å²) in [7, 11) is 0. The average molecular weight is 271 g/mol. The lowest BCUT2D eigenvalue weighted by molar-refractivity contribution is -0.137. The van der Waals surface area contributed by atoms with Gasteiger partial charge >= 0.3 is 5.97 Å². The van der Waals surface area contributed by atoms with E-state index in [1.54, 1.807) is 19.1 Å². The van der Waals surface area contributed by atoms with Crippen LogP contribution >= 0.6 is 0 Å². The molecule has 1 aromatic carbocycles. The molecule has 0 saturated carbocycles. The van der Waals surface area contributed by atoms with E-state index in [1.807, 2.05) is 30.3 Å². The molecule has 4 nitrogen and oxygen atoms in total.